The summed E-state index contributed by atoms with van der Waals surface area (Å²) in [7, 11) is -2.35. The Kier molecular flexibility index (Phi) is 9.19. The zero-order chi connectivity index (χ0) is 53.2. The van der Waals surface area contributed by atoms with E-state index in [9.17, 15) is 0 Å². The maximum atomic E-state index is 2.57. The molecule has 0 N–H and O–H groups in total. The predicted octanol–water partition coefficient (Wildman–Crippen LogP) is 18.0. The molecule has 380 valence electrons. The Morgan fingerprint density at radius 3 is 0.951 bits per heavy atom. The first-order valence-electron chi connectivity index (χ1n) is 28.5. The molecule has 5 heteroatoms. The van der Waals surface area contributed by atoms with Crippen LogP contribution in [0.25, 0.3) is 132 Å². The lowest BCUT2D eigenvalue weighted by atomic mass is 10.0. The fourth-order valence-corrected chi connectivity index (χ4v) is 17.0. The van der Waals surface area contributed by atoms with E-state index < -0.39 is 8.07 Å². The van der Waals surface area contributed by atoms with Gasteiger partial charge in [0, 0.05) is 65.8 Å². The Labute approximate surface area is 469 Å². The Hall–Kier alpha value is -9.94. The Balaban J connectivity index is 0.794. The molecular formula is C76H52N4Si. The molecule has 18 rings (SSSR count). The van der Waals surface area contributed by atoms with Gasteiger partial charge in [-0.1, -0.05) is 169 Å². The number of hydrogen-bond donors (Lipinski definition) is 0. The predicted molar refractivity (Wildman–Crippen MR) is 343 cm³/mol. The van der Waals surface area contributed by atoms with Crippen LogP contribution in [0, 0.1) is 0 Å². The van der Waals surface area contributed by atoms with Gasteiger partial charge in [-0.15, -0.1) is 0 Å². The number of benzene rings is 12. The summed E-state index contributed by atoms with van der Waals surface area (Å²) < 4.78 is 9.91. The van der Waals surface area contributed by atoms with Crippen LogP contribution in [0.4, 0.5) is 0 Å². The monoisotopic (exact) mass is 1050 g/mol. The molecule has 16 aromatic rings. The van der Waals surface area contributed by atoms with Crippen LogP contribution < -0.4 is 10.4 Å². The second-order valence-electron chi connectivity index (χ2n) is 23.3. The van der Waals surface area contributed by atoms with Gasteiger partial charge in [0.25, 0.3) is 0 Å². The smallest absolute Gasteiger partial charge is 0.112 e. The van der Waals surface area contributed by atoms with Crippen molar-refractivity contribution in [2.75, 3.05) is 0 Å². The summed E-state index contributed by atoms with van der Waals surface area (Å²) in [5, 5.41) is 13.2. The molecule has 0 radical (unpaired) electrons. The van der Waals surface area contributed by atoms with E-state index >= 15 is 0 Å². The summed E-state index contributed by atoms with van der Waals surface area (Å²) >= 11 is 0. The van der Waals surface area contributed by atoms with E-state index in [0.717, 1.165) is 12.8 Å². The zero-order valence-electron chi connectivity index (χ0n) is 45.0. The maximum absolute atomic E-state index is 2.57. The minimum absolute atomic E-state index is 0.914. The Morgan fingerprint density at radius 1 is 0.235 bits per heavy atom. The van der Waals surface area contributed by atoms with Gasteiger partial charge in [0.05, 0.1) is 44.1 Å². The van der Waals surface area contributed by atoms with Crippen molar-refractivity contribution in [2.45, 2.75) is 25.9 Å². The summed E-state index contributed by atoms with van der Waals surface area (Å²) in [6, 6.07) is 96.4. The molecule has 4 aromatic heterocycles. The molecule has 0 saturated carbocycles. The number of aromatic nitrogens is 4. The second-order valence-corrected chi connectivity index (χ2v) is 27.7. The lowest BCUT2D eigenvalue weighted by Crippen LogP contribution is -2.52. The summed E-state index contributed by atoms with van der Waals surface area (Å²) in [5.41, 5.74) is 25.6. The van der Waals surface area contributed by atoms with Crippen LogP contribution in [-0.4, -0.2) is 26.3 Å². The van der Waals surface area contributed by atoms with Gasteiger partial charge in [-0.25, -0.2) is 0 Å². The van der Waals surface area contributed by atoms with Crippen LogP contribution in [0.15, 0.2) is 255 Å². The van der Waals surface area contributed by atoms with Crippen LogP contribution in [0.1, 0.15) is 22.3 Å². The average Bonchev–Trinajstić information content (AvgIpc) is 4.55. The van der Waals surface area contributed by atoms with E-state index in [2.05, 4.69) is 286 Å². The number of nitrogens with zero attached hydrogens (tertiary/aromatic N) is 4. The van der Waals surface area contributed by atoms with Crippen molar-refractivity contribution >= 4 is 106 Å². The van der Waals surface area contributed by atoms with Gasteiger partial charge < -0.3 is 18.3 Å². The van der Waals surface area contributed by atoms with Crippen LogP contribution in [-0.2, 0) is 12.8 Å². The van der Waals surface area contributed by atoms with Gasteiger partial charge >= 0.3 is 0 Å². The molecular weight excluding hydrogens is 997 g/mol. The standard InChI is InChI=1S/C76H52N4Si/c1-81(2,55-33-35-73-65(43-55)67-45-63-49(39-75(67)77(73)51-17-5-3-6-18-51)37-47-29-31-53(41-61(47)63)79-69-25-13-9-21-57(69)58-22-10-14-26-70(58)79)56-34-36-74-66(44-56)68-46-64-50(40-76(68)78(74)52-19-7-4-8-20-52)38-48-30-32-54(42-62(48)64)80-71-27-15-11-23-59(71)60-24-12-16-28-72(60)80/h3-36,39-46H,37-38H2,1-2H3. The largest absolute Gasteiger partial charge is 0.309 e. The number of fused-ring (bicyclic) bond motifs is 18. The summed E-state index contributed by atoms with van der Waals surface area (Å²) in [6.07, 6.45) is 1.83. The van der Waals surface area contributed by atoms with Crippen molar-refractivity contribution in [1.29, 1.82) is 0 Å². The normalized spacial score (nSPS) is 13.0. The molecule has 0 unspecified atom stereocenters. The van der Waals surface area contributed by atoms with Crippen LogP contribution in [0.5, 0.6) is 0 Å². The molecule has 0 amide bonds. The van der Waals surface area contributed by atoms with Gasteiger partial charge in [-0.3, -0.25) is 0 Å². The number of rotatable bonds is 6. The van der Waals surface area contributed by atoms with E-state index in [1.807, 2.05) is 0 Å². The van der Waals surface area contributed by atoms with Crippen molar-refractivity contribution in [1.82, 2.24) is 18.3 Å². The third kappa shape index (κ3) is 6.35. The summed E-state index contributed by atoms with van der Waals surface area (Å²) in [6.45, 7) is 5.10. The molecule has 0 spiro atoms. The zero-order valence-corrected chi connectivity index (χ0v) is 46.0. The first-order valence-corrected chi connectivity index (χ1v) is 31.5. The average molecular weight is 1050 g/mol. The van der Waals surface area contributed by atoms with Crippen molar-refractivity contribution < 1.29 is 0 Å². The molecule has 4 nitrogen and oxygen atoms in total. The molecule has 0 saturated heterocycles. The highest BCUT2D eigenvalue weighted by atomic mass is 28.3. The van der Waals surface area contributed by atoms with E-state index in [1.165, 1.54) is 165 Å². The van der Waals surface area contributed by atoms with E-state index in [0.29, 0.717) is 0 Å². The van der Waals surface area contributed by atoms with E-state index in [1.54, 1.807) is 0 Å². The molecule has 4 heterocycles. The van der Waals surface area contributed by atoms with Crippen molar-refractivity contribution in [2.24, 2.45) is 0 Å². The van der Waals surface area contributed by atoms with Crippen molar-refractivity contribution in [3.05, 3.63) is 277 Å². The third-order valence-corrected chi connectivity index (χ3v) is 22.2. The van der Waals surface area contributed by atoms with Gasteiger partial charge in [0.2, 0.25) is 0 Å². The minimum atomic E-state index is -2.35. The van der Waals surface area contributed by atoms with Gasteiger partial charge in [-0.05, 0) is 167 Å². The lowest BCUT2D eigenvalue weighted by Gasteiger charge is -2.24. The van der Waals surface area contributed by atoms with Crippen molar-refractivity contribution in [3.63, 3.8) is 0 Å². The minimum Gasteiger partial charge on any atom is -0.309 e. The first kappa shape index (κ1) is 45.0. The molecule has 2 aliphatic rings. The quantitative estimate of drug-likeness (QED) is 0.148. The topological polar surface area (TPSA) is 19.7 Å². The fraction of sp³-hybridized carbons (Fsp3) is 0.0526. The molecule has 2 aliphatic carbocycles. The highest BCUT2D eigenvalue weighted by Crippen LogP contribution is 2.47. The third-order valence-electron chi connectivity index (χ3n) is 18.7. The first-order chi connectivity index (χ1) is 39.9. The van der Waals surface area contributed by atoms with Gasteiger partial charge in [-0.2, -0.15) is 0 Å². The highest BCUT2D eigenvalue weighted by Gasteiger charge is 2.31. The Morgan fingerprint density at radius 2 is 0.556 bits per heavy atom. The molecule has 0 aliphatic heterocycles. The van der Waals surface area contributed by atoms with Crippen LogP contribution in [0.3, 0.4) is 0 Å². The molecule has 0 fully saturated rings. The number of hydrogen-bond acceptors (Lipinski definition) is 0. The summed E-state index contributed by atoms with van der Waals surface area (Å²) in [4.78, 5) is 0. The number of para-hydroxylation sites is 6. The van der Waals surface area contributed by atoms with E-state index in [4.69, 9.17) is 0 Å². The summed E-state index contributed by atoms with van der Waals surface area (Å²) in [5.74, 6) is 0. The maximum Gasteiger partial charge on any atom is 0.112 e. The molecule has 81 heavy (non-hydrogen) atoms. The van der Waals surface area contributed by atoms with Crippen LogP contribution in [0.2, 0.25) is 13.1 Å². The second kappa shape index (κ2) is 16.6. The molecule has 0 atom stereocenters. The SMILES string of the molecule is C[Si](C)(c1ccc2c(c1)c1cc3c(cc1n2-c1ccccc1)Cc1ccc(-n2c4ccccc4c4ccccc42)cc1-3)c1ccc2c(c1)c1cc3c(cc1n2-c1ccccc1)Cc1ccc(-n2c4ccccc4c4ccccc42)cc1-3. The van der Waals surface area contributed by atoms with Crippen molar-refractivity contribution in [3.8, 4) is 45.0 Å². The molecule has 0 bridgehead atoms. The highest BCUT2D eigenvalue weighted by molar-refractivity contribution is 7.00. The lowest BCUT2D eigenvalue weighted by molar-refractivity contribution is 1.17. The van der Waals surface area contributed by atoms with E-state index in [-0.39, 0.29) is 0 Å². The van der Waals surface area contributed by atoms with Gasteiger partial charge in [0.1, 0.15) is 8.07 Å². The Bertz CT molecular complexity index is 4940. The fourth-order valence-electron chi connectivity index (χ4n) is 14.7. The molecule has 12 aromatic carbocycles. The van der Waals surface area contributed by atoms with Gasteiger partial charge in [0.15, 0.2) is 0 Å². The van der Waals surface area contributed by atoms with Crippen LogP contribution >= 0.6 is 0 Å².